The van der Waals surface area contributed by atoms with Gasteiger partial charge in [-0.1, -0.05) is 42.1 Å². The predicted octanol–water partition coefficient (Wildman–Crippen LogP) is 4.73. The van der Waals surface area contributed by atoms with E-state index in [1.165, 1.54) is 11.8 Å². The minimum absolute atomic E-state index is 0.0964. The number of amides is 1. The molecule has 1 N–H and O–H groups in total. The SMILES string of the molecule is COc1ccc(NC(=O)CSc2nc(-c3ccccc3)nc3c2COC(C)(C)C3)cc1. The molecule has 0 atom stereocenters. The Hall–Kier alpha value is -2.90. The van der Waals surface area contributed by atoms with Crippen LogP contribution in [0.25, 0.3) is 11.4 Å². The van der Waals surface area contributed by atoms with E-state index in [0.717, 1.165) is 33.3 Å². The zero-order chi connectivity index (χ0) is 21.8. The Bertz CT molecular complexity index is 1070. The lowest BCUT2D eigenvalue weighted by atomic mass is 9.96. The van der Waals surface area contributed by atoms with E-state index in [1.807, 2.05) is 54.6 Å². The van der Waals surface area contributed by atoms with Crippen LogP contribution in [0, 0.1) is 0 Å². The smallest absolute Gasteiger partial charge is 0.234 e. The quantitative estimate of drug-likeness (QED) is 0.446. The fourth-order valence-corrected chi connectivity index (χ4v) is 4.20. The van der Waals surface area contributed by atoms with Crippen LogP contribution in [-0.4, -0.2) is 34.3 Å². The highest BCUT2D eigenvalue weighted by molar-refractivity contribution is 8.00. The maximum atomic E-state index is 12.5. The lowest BCUT2D eigenvalue weighted by molar-refractivity contribution is -0.113. The standard InChI is InChI=1S/C24H25N3O3S/c1-24(2)13-20-19(14-30-24)23(27-22(26-20)16-7-5-4-6-8-16)31-15-21(28)25-17-9-11-18(29-3)12-10-17/h4-12H,13-15H2,1-3H3,(H,25,28). The molecule has 2 aromatic carbocycles. The first kappa shape index (κ1) is 21.3. The number of thioether (sulfide) groups is 1. The summed E-state index contributed by atoms with van der Waals surface area (Å²) >= 11 is 1.41. The lowest BCUT2D eigenvalue weighted by Crippen LogP contribution is -2.33. The van der Waals surface area contributed by atoms with Crippen molar-refractivity contribution in [2.75, 3.05) is 18.2 Å². The van der Waals surface area contributed by atoms with Crippen LogP contribution in [0.1, 0.15) is 25.1 Å². The van der Waals surface area contributed by atoms with Crippen molar-refractivity contribution < 1.29 is 14.3 Å². The molecule has 0 fully saturated rings. The summed E-state index contributed by atoms with van der Waals surface area (Å²) in [5, 5.41) is 3.71. The summed E-state index contributed by atoms with van der Waals surface area (Å²) in [6.45, 7) is 4.57. The third-order valence-corrected chi connectivity index (χ3v) is 6.02. The zero-order valence-corrected chi connectivity index (χ0v) is 18.7. The van der Waals surface area contributed by atoms with Crippen LogP contribution in [0.2, 0.25) is 0 Å². The molecule has 0 spiro atoms. The molecule has 1 amide bonds. The third-order valence-electron chi connectivity index (χ3n) is 5.00. The molecule has 2 heterocycles. The number of carbonyl (C=O) groups is 1. The van der Waals surface area contributed by atoms with Gasteiger partial charge in [0.15, 0.2) is 5.82 Å². The van der Waals surface area contributed by atoms with Gasteiger partial charge in [-0.15, -0.1) is 0 Å². The molecule has 0 saturated heterocycles. The van der Waals surface area contributed by atoms with Crippen molar-refractivity contribution in [2.45, 2.75) is 37.5 Å². The number of nitrogens with one attached hydrogen (secondary N) is 1. The summed E-state index contributed by atoms with van der Waals surface area (Å²) in [4.78, 5) is 22.1. The fourth-order valence-electron chi connectivity index (χ4n) is 3.36. The van der Waals surface area contributed by atoms with Gasteiger partial charge in [0, 0.05) is 23.2 Å². The molecule has 0 bridgehead atoms. The number of anilines is 1. The Morgan fingerprint density at radius 1 is 1.13 bits per heavy atom. The number of aromatic nitrogens is 2. The molecule has 160 valence electrons. The topological polar surface area (TPSA) is 73.3 Å². The molecule has 0 radical (unpaired) electrons. The minimum Gasteiger partial charge on any atom is -0.497 e. The van der Waals surface area contributed by atoms with Crippen LogP contribution in [0.15, 0.2) is 59.6 Å². The van der Waals surface area contributed by atoms with Crippen molar-refractivity contribution >= 4 is 23.4 Å². The number of ether oxygens (including phenoxy) is 2. The molecular formula is C24H25N3O3S. The van der Waals surface area contributed by atoms with Crippen molar-refractivity contribution in [1.82, 2.24) is 9.97 Å². The lowest BCUT2D eigenvalue weighted by Gasteiger charge is -2.32. The van der Waals surface area contributed by atoms with Crippen molar-refractivity contribution in [2.24, 2.45) is 0 Å². The summed E-state index contributed by atoms with van der Waals surface area (Å²) in [5.74, 6) is 1.57. The van der Waals surface area contributed by atoms with Gasteiger partial charge in [-0.25, -0.2) is 9.97 Å². The second kappa shape index (κ2) is 9.08. The first-order valence-corrected chi connectivity index (χ1v) is 11.1. The van der Waals surface area contributed by atoms with E-state index < -0.39 is 0 Å². The van der Waals surface area contributed by atoms with Gasteiger partial charge < -0.3 is 14.8 Å². The first-order chi connectivity index (χ1) is 14.9. The number of benzene rings is 2. The Kier molecular flexibility index (Phi) is 6.25. The molecule has 7 heteroatoms. The second-order valence-corrected chi connectivity index (χ2v) is 8.90. The molecule has 0 saturated carbocycles. The maximum Gasteiger partial charge on any atom is 0.234 e. The van der Waals surface area contributed by atoms with E-state index in [-0.39, 0.29) is 17.3 Å². The fraction of sp³-hybridized carbons (Fsp3) is 0.292. The van der Waals surface area contributed by atoms with Crippen LogP contribution in [0.5, 0.6) is 5.75 Å². The van der Waals surface area contributed by atoms with Gasteiger partial charge in [0.25, 0.3) is 0 Å². The Labute approximate surface area is 186 Å². The summed E-state index contributed by atoms with van der Waals surface area (Å²) in [7, 11) is 1.61. The van der Waals surface area contributed by atoms with E-state index in [9.17, 15) is 4.79 Å². The van der Waals surface area contributed by atoms with Crippen molar-refractivity contribution in [3.05, 3.63) is 65.9 Å². The van der Waals surface area contributed by atoms with Crippen LogP contribution in [0.4, 0.5) is 5.69 Å². The Morgan fingerprint density at radius 2 is 1.87 bits per heavy atom. The Morgan fingerprint density at radius 3 is 2.58 bits per heavy atom. The molecular weight excluding hydrogens is 410 g/mol. The molecule has 31 heavy (non-hydrogen) atoms. The van der Waals surface area contributed by atoms with Crippen LogP contribution in [-0.2, 0) is 22.6 Å². The van der Waals surface area contributed by atoms with Crippen LogP contribution in [0.3, 0.4) is 0 Å². The van der Waals surface area contributed by atoms with E-state index in [0.29, 0.717) is 18.9 Å². The highest BCUT2D eigenvalue weighted by Crippen LogP contribution is 2.34. The van der Waals surface area contributed by atoms with E-state index in [4.69, 9.17) is 19.4 Å². The van der Waals surface area contributed by atoms with Gasteiger partial charge in [0.1, 0.15) is 10.8 Å². The molecule has 6 nitrogen and oxygen atoms in total. The summed E-state index contributed by atoms with van der Waals surface area (Å²) < 4.78 is 11.1. The average molecular weight is 436 g/mol. The summed E-state index contributed by atoms with van der Waals surface area (Å²) in [6.07, 6.45) is 0.705. The molecule has 4 rings (SSSR count). The van der Waals surface area contributed by atoms with E-state index in [2.05, 4.69) is 19.2 Å². The number of fused-ring (bicyclic) bond motifs is 1. The summed E-state index contributed by atoms with van der Waals surface area (Å²) in [6, 6.07) is 17.2. The molecule has 0 unspecified atom stereocenters. The van der Waals surface area contributed by atoms with Gasteiger partial charge in [-0.3, -0.25) is 4.79 Å². The summed E-state index contributed by atoms with van der Waals surface area (Å²) in [5.41, 5.74) is 3.37. The number of carbonyl (C=O) groups excluding carboxylic acids is 1. The molecule has 0 aliphatic carbocycles. The maximum absolute atomic E-state index is 12.5. The normalized spacial score (nSPS) is 14.5. The van der Waals surface area contributed by atoms with Crippen molar-refractivity contribution in [1.29, 1.82) is 0 Å². The number of hydrogen-bond donors (Lipinski definition) is 1. The number of nitrogens with zero attached hydrogens (tertiary/aromatic N) is 2. The van der Waals surface area contributed by atoms with Gasteiger partial charge in [0.2, 0.25) is 5.91 Å². The second-order valence-electron chi connectivity index (χ2n) is 7.93. The van der Waals surface area contributed by atoms with Crippen molar-refractivity contribution in [3.63, 3.8) is 0 Å². The van der Waals surface area contributed by atoms with E-state index >= 15 is 0 Å². The van der Waals surface area contributed by atoms with Gasteiger partial charge >= 0.3 is 0 Å². The highest BCUT2D eigenvalue weighted by Gasteiger charge is 2.30. The zero-order valence-electron chi connectivity index (χ0n) is 17.8. The number of hydrogen-bond acceptors (Lipinski definition) is 6. The van der Waals surface area contributed by atoms with Crippen LogP contribution < -0.4 is 10.1 Å². The predicted molar refractivity (Wildman–Crippen MR) is 122 cm³/mol. The molecule has 3 aromatic rings. The monoisotopic (exact) mass is 435 g/mol. The number of rotatable bonds is 6. The largest absolute Gasteiger partial charge is 0.497 e. The highest BCUT2D eigenvalue weighted by atomic mass is 32.2. The van der Waals surface area contributed by atoms with Crippen LogP contribution >= 0.6 is 11.8 Å². The average Bonchev–Trinajstić information content (AvgIpc) is 2.77. The van der Waals surface area contributed by atoms with E-state index in [1.54, 1.807) is 7.11 Å². The first-order valence-electron chi connectivity index (χ1n) is 10.1. The van der Waals surface area contributed by atoms with Gasteiger partial charge in [0.05, 0.1) is 30.8 Å². The number of methoxy groups -OCH3 is 1. The third kappa shape index (κ3) is 5.24. The van der Waals surface area contributed by atoms with Gasteiger partial charge in [-0.05, 0) is 38.1 Å². The van der Waals surface area contributed by atoms with Gasteiger partial charge in [-0.2, -0.15) is 0 Å². The molecule has 1 aliphatic heterocycles. The Balaban J connectivity index is 1.54. The molecule has 1 aromatic heterocycles. The van der Waals surface area contributed by atoms with Crippen molar-refractivity contribution in [3.8, 4) is 17.1 Å². The minimum atomic E-state index is -0.275. The molecule has 1 aliphatic rings.